The summed E-state index contributed by atoms with van der Waals surface area (Å²) in [6.07, 6.45) is 5.31. The molecule has 0 unspecified atom stereocenters. The van der Waals surface area contributed by atoms with E-state index in [0.717, 1.165) is 6.42 Å². The lowest BCUT2D eigenvalue weighted by atomic mass is 9.99. The molecule has 0 heterocycles. The smallest absolute Gasteiger partial charge is 0.0252 e. The second kappa shape index (κ2) is 5.61. The Hall–Kier alpha value is -1.08. The summed E-state index contributed by atoms with van der Waals surface area (Å²) in [5.74, 6) is 0.551. The van der Waals surface area contributed by atoms with E-state index in [0.29, 0.717) is 5.92 Å². The van der Waals surface area contributed by atoms with Crippen LogP contribution in [-0.2, 0) is 0 Å². The molecule has 0 spiro atoms. The highest BCUT2D eigenvalue weighted by Crippen LogP contribution is 2.08. The van der Waals surface area contributed by atoms with Gasteiger partial charge in [-0.1, -0.05) is 62.8 Å². The maximum Gasteiger partial charge on any atom is 0.0252 e. The van der Waals surface area contributed by atoms with Crippen LogP contribution in [-0.4, -0.2) is 6.04 Å². The van der Waals surface area contributed by atoms with Crippen LogP contribution in [0.3, 0.4) is 0 Å². The molecule has 14 heavy (non-hydrogen) atoms. The van der Waals surface area contributed by atoms with Gasteiger partial charge in [-0.3, -0.25) is 0 Å². The van der Waals surface area contributed by atoms with Gasteiger partial charge in [-0.15, -0.1) is 0 Å². The van der Waals surface area contributed by atoms with Gasteiger partial charge < -0.3 is 5.73 Å². The summed E-state index contributed by atoms with van der Waals surface area (Å²) in [5.41, 5.74) is 7.20. The molecule has 0 saturated carbocycles. The fourth-order valence-electron chi connectivity index (χ4n) is 1.25. The van der Waals surface area contributed by atoms with Gasteiger partial charge in [-0.25, -0.2) is 0 Å². The Balaban J connectivity index is 2.56. The summed E-state index contributed by atoms with van der Waals surface area (Å²) in [6.45, 7) is 4.35. The number of benzene rings is 1. The Labute approximate surface area is 86.6 Å². The third-order valence-electron chi connectivity index (χ3n) is 2.61. The molecule has 0 radical (unpaired) electrons. The molecule has 0 amide bonds. The van der Waals surface area contributed by atoms with Crippen LogP contribution in [0.15, 0.2) is 36.4 Å². The molecule has 1 heteroatoms. The average Bonchev–Trinajstić information content (AvgIpc) is 2.26. The van der Waals surface area contributed by atoms with Gasteiger partial charge in [-0.2, -0.15) is 0 Å². The quantitative estimate of drug-likeness (QED) is 0.774. The summed E-state index contributed by atoms with van der Waals surface area (Å²) in [7, 11) is 0. The van der Waals surface area contributed by atoms with Crippen LogP contribution in [0.1, 0.15) is 25.8 Å². The van der Waals surface area contributed by atoms with E-state index >= 15 is 0 Å². The minimum Gasteiger partial charge on any atom is -0.324 e. The second-order valence-corrected chi connectivity index (χ2v) is 3.73. The van der Waals surface area contributed by atoms with Crippen molar-refractivity contribution in [3.63, 3.8) is 0 Å². The molecule has 0 saturated heterocycles. The number of nitrogens with two attached hydrogens (primary N) is 1. The normalized spacial score (nSPS) is 15.6. The Morgan fingerprint density at radius 2 is 1.93 bits per heavy atom. The predicted octanol–water partition coefficient (Wildman–Crippen LogP) is 3.07. The van der Waals surface area contributed by atoms with Crippen LogP contribution in [0.5, 0.6) is 0 Å². The monoisotopic (exact) mass is 189 g/mol. The summed E-state index contributed by atoms with van der Waals surface area (Å²) < 4.78 is 0. The lowest BCUT2D eigenvalue weighted by Crippen LogP contribution is -2.24. The van der Waals surface area contributed by atoms with Gasteiger partial charge in [0.2, 0.25) is 0 Å². The first-order valence-corrected chi connectivity index (χ1v) is 5.23. The minimum absolute atomic E-state index is 0.167. The molecule has 76 valence electrons. The van der Waals surface area contributed by atoms with Gasteiger partial charge in [0.1, 0.15) is 0 Å². The SMILES string of the molecule is CC[C@H](C)[C@H](N)C=Cc1ccccc1. The van der Waals surface area contributed by atoms with E-state index in [1.807, 2.05) is 18.2 Å². The van der Waals surface area contributed by atoms with Crippen molar-refractivity contribution in [2.75, 3.05) is 0 Å². The van der Waals surface area contributed by atoms with Gasteiger partial charge in [0, 0.05) is 6.04 Å². The van der Waals surface area contributed by atoms with Crippen molar-refractivity contribution in [3.05, 3.63) is 42.0 Å². The molecule has 1 nitrogen and oxygen atoms in total. The Morgan fingerprint density at radius 1 is 1.29 bits per heavy atom. The van der Waals surface area contributed by atoms with Crippen LogP contribution in [0.2, 0.25) is 0 Å². The third-order valence-corrected chi connectivity index (χ3v) is 2.61. The predicted molar refractivity (Wildman–Crippen MR) is 62.9 cm³/mol. The van der Waals surface area contributed by atoms with Gasteiger partial charge in [0.25, 0.3) is 0 Å². The summed E-state index contributed by atoms with van der Waals surface area (Å²) in [4.78, 5) is 0. The maximum absolute atomic E-state index is 5.99. The highest BCUT2D eigenvalue weighted by atomic mass is 14.6. The summed E-state index contributed by atoms with van der Waals surface area (Å²) in [5, 5.41) is 0. The zero-order valence-electron chi connectivity index (χ0n) is 8.98. The molecule has 1 rings (SSSR count). The number of hydrogen-bond donors (Lipinski definition) is 1. The zero-order valence-corrected chi connectivity index (χ0v) is 8.98. The molecular weight excluding hydrogens is 170 g/mol. The highest BCUT2D eigenvalue weighted by Gasteiger charge is 2.05. The minimum atomic E-state index is 0.167. The van der Waals surface area contributed by atoms with Crippen molar-refractivity contribution >= 4 is 6.08 Å². The first-order valence-electron chi connectivity index (χ1n) is 5.23. The number of hydrogen-bond acceptors (Lipinski definition) is 1. The summed E-state index contributed by atoms with van der Waals surface area (Å²) in [6, 6.07) is 10.4. The molecular formula is C13H19N. The zero-order chi connectivity index (χ0) is 10.4. The van der Waals surface area contributed by atoms with Crippen molar-refractivity contribution in [2.45, 2.75) is 26.3 Å². The highest BCUT2D eigenvalue weighted by molar-refractivity contribution is 5.49. The fourth-order valence-corrected chi connectivity index (χ4v) is 1.25. The standard InChI is InChI=1S/C13H19N/c1-3-11(2)13(14)10-9-12-7-5-4-6-8-12/h4-11,13H,3,14H2,1-2H3/t11-,13+/m0/s1. The Morgan fingerprint density at radius 3 is 2.50 bits per heavy atom. The molecule has 0 aromatic heterocycles. The molecule has 2 N–H and O–H groups in total. The van der Waals surface area contributed by atoms with Crippen LogP contribution in [0, 0.1) is 5.92 Å². The molecule has 0 bridgehead atoms. The molecule has 0 fully saturated rings. The molecule has 2 atom stereocenters. The Bertz CT molecular complexity index is 277. The topological polar surface area (TPSA) is 26.0 Å². The van der Waals surface area contributed by atoms with Gasteiger partial charge in [-0.05, 0) is 11.5 Å². The number of rotatable bonds is 4. The average molecular weight is 189 g/mol. The third kappa shape index (κ3) is 3.35. The largest absolute Gasteiger partial charge is 0.324 e. The fraction of sp³-hybridized carbons (Fsp3) is 0.385. The first-order chi connectivity index (χ1) is 6.74. The van der Waals surface area contributed by atoms with Crippen LogP contribution in [0.25, 0.3) is 6.08 Å². The van der Waals surface area contributed by atoms with E-state index in [-0.39, 0.29) is 6.04 Å². The van der Waals surface area contributed by atoms with E-state index in [4.69, 9.17) is 5.73 Å². The second-order valence-electron chi connectivity index (χ2n) is 3.73. The van der Waals surface area contributed by atoms with E-state index in [1.54, 1.807) is 0 Å². The van der Waals surface area contributed by atoms with Gasteiger partial charge in [0.05, 0.1) is 0 Å². The van der Waals surface area contributed by atoms with Gasteiger partial charge >= 0.3 is 0 Å². The summed E-state index contributed by atoms with van der Waals surface area (Å²) >= 11 is 0. The van der Waals surface area contributed by atoms with Crippen LogP contribution < -0.4 is 5.73 Å². The van der Waals surface area contributed by atoms with Crippen molar-refractivity contribution in [1.82, 2.24) is 0 Å². The first kappa shape index (κ1) is 11.0. The van der Waals surface area contributed by atoms with Gasteiger partial charge in [0.15, 0.2) is 0 Å². The van der Waals surface area contributed by atoms with Crippen molar-refractivity contribution in [3.8, 4) is 0 Å². The van der Waals surface area contributed by atoms with Crippen LogP contribution in [0.4, 0.5) is 0 Å². The maximum atomic E-state index is 5.99. The van der Waals surface area contributed by atoms with Crippen LogP contribution >= 0.6 is 0 Å². The molecule has 1 aromatic carbocycles. The lowest BCUT2D eigenvalue weighted by molar-refractivity contribution is 0.504. The van der Waals surface area contributed by atoms with E-state index in [2.05, 4.69) is 38.1 Å². The van der Waals surface area contributed by atoms with Crippen molar-refractivity contribution in [2.24, 2.45) is 11.7 Å². The molecule has 1 aromatic rings. The molecule has 0 aliphatic rings. The van der Waals surface area contributed by atoms with E-state index in [1.165, 1.54) is 5.56 Å². The Kier molecular flexibility index (Phi) is 4.41. The molecule has 0 aliphatic carbocycles. The molecule has 0 aliphatic heterocycles. The lowest BCUT2D eigenvalue weighted by Gasteiger charge is -2.13. The van der Waals surface area contributed by atoms with E-state index < -0.39 is 0 Å². The van der Waals surface area contributed by atoms with Crippen molar-refractivity contribution in [1.29, 1.82) is 0 Å². The van der Waals surface area contributed by atoms with E-state index in [9.17, 15) is 0 Å². The van der Waals surface area contributed by atoms with Crippen molar-refractivity contribution < 1.29 is 0 Å².